The number of rotatable bonds is 3. The van der Waals surface area contributed by atoms with E-state index >= 15 is 0 Å². The molecule has 1 aliphatic rings. The molecule has 0 bridgehead atoms. The third-order valence-electron chi connectivity index (χ3n) is 3.40. The van der Waals surface area contributed by atoms with Crippen LogP contribution in [0, 0.1) is 0 Å². The fraction of sp³-hybridized carbons (Fsp3) is 0.867. The van der Waals surface area contributed by atoms with E-state index in [1.54, 1.807) is 0 Å². The summed E-state index contributed by atoms with van der Waals surface area (Å²) < 4.78 is 0. The lowest BCUT2D eigenvalue weighted by molar-refractivity contribution is -0.119. The molecule has 0 aromatic heterocycles. The van der Waals surface area contributed by atoms with Crippen LogP contribution in [0.15, 0.2) is 0 Å². The van der Waals surface area contributed by atoms with Crippen molar-refractivity contribution in [1.82, 2.24) is 16.0 Å². The second kappa shape index (κ2) is 8.25. The van der Waals surface area contributed by atoms with E-state index in [0.717, 1.165) is 12.8 Å². The molecule has 0 unspecified atom stereocenters. The molecule has 0 saturated heterocycles. The molecule has 0 spiro atoms. The largest absolute Gasteiger partial charge is 0.333 e. The van der Waals surface area contributed by atoms with Crippen LogP contribution in [0.3, 0.4) is 0 Å². The van der Waals surface area contributed by atoms with E-state index in [1.807, 2.05) is 20.8 Å². The van der Waals surface area contributed by atoms with Gasteiger partial charge in [-0.3, -0.25) is 10.1 Å². The normalized spacial score (nSPS) is 17.9. The van der Waals surface area contributed by atoms with Gasteiger partial charge in [0.05, 0.1) is 6.54 Å². The van der Waals surface area contributed by atoms with Crippen molar-refractivity contribution < 1.29 is 9.59 Å². The van der Waals surface area contributed by atoms with Gasteiger partial charge in [-0.05, 0) is 33.6 Å². The third-order valence-corrected chi connectivity index (χ3v) is 3.40. The van der Waals surface area contributed by atoms with Crippen molar-refractivity contribution in [2.24, 2.45) is 0 Å². The van der Waals surface area contributed by atoms with E-state index < -0.39 is 6.03 Å². The van der Waals surface area contributed by atoms with Gasteiger partial charge in [-0.1, -0.05) is 32.1 Å². The lowest BCUT2D eigenvalue weighted by Gasteiger charge is -2.22. The minimum absolute atomic E-state index is 0.211. The Morgan fingerprint density at radius 1 is 1.00 bits per heavy atom. The quantitative estimate of drug-likeness (QED) is 0.744. The molecule has 0 atom stereocenters. The summed E-state index contributed by atoms with van der Waals surface area (Å²) in [7, 11) is 0. The zero-order chi connectivity index (χ0) is 15.0. The fourth-order valence-electron chi connectivity index (χ4n) is 2.44. The number of hydrogen-bond donors (Lipinski definition) is 3. The Hall–Kier alpha value is -1.10. The molecule has 20 heavy (non-hydrogen) atoms. The summed E-state index contributed by atoms with van der Waals surface area (Å²) in [6, 6.07) is -0.0197. The highest BCUT2D eigenvalue weighted by atomic mass is 16.2. The molecule has 5 nitrogen and oxygen atoms in total. The Kier molecular flexibility index (Phi) is 6.99. The molecular weight excluding hydrogens is 254 g/mol. The first-order chi connectivity index (χ1) is 9.37. The van der Waals surface area contributed by atoms with Crippen molar-refractivity contribution in [1.29, 1.82) is 0 Å². The summed E-state index contributed by atoms with van der Waals surface area (Å²) in [6.07, 6.45) is 8.62. The molecule has 0 aromatic carbocycles. The Morgan fingerprint density at radius 2 is 1.55 bits per heavy atom. The van der Waals surface area contributed by atoms with Gasteiger partial charge in [0.15, 0.2) is 0 Å². The van der Waals surface area contributed by atoms with Gasteiger partial charge < -0.3 is 10.6 Å². The van der Waals surface area contributed by atoms with E-state index in [-0.39, 0.29) is 18.0 Å². The number of imide groups is 1. The summed E-state index contributed by atoms with van der Waals surface area (Å²) in [5, 5.41) is 8.33. The maximum Gasteiger partial charge on any atom is 0.321 e. The second-order valence-electron chi connectivity index (χ2n) is 6.68. The molecule has 0 aromatic rings. The van der Waals surface area contributed by atoms with Gasteiger partial charge in [-0.15, -0.1) is 0 Å². The third kappa shape index (κ3) is 8.15. The van der Waals surface area contributed by atoms with Gasteiger partial charge in [-0.2, -0.15) is 0 Å². The molecule has 1 rings (SSSR count). The lowest BCUT2D eigenvalue weighted by atomic mass is 9.97. The van der Waals surface area contributed by atoms with Gasteiger partial charge in [-0.25, -0.2) is 4.79 Å². The second-order valence-corrected chi connectivity index (χ2v) is 6.68. The molecule has 116 valence electrons. The zero-order valence-electron chi connectivity index (χ0n) is 13.1. The van der Waals surface area contributed by atoms with Gasteiger partial charge in [0.2, 0.25) is 5.91 Å². The van der Waals surface area contributed by atoms with E-state index in [1.165, 1.54) is 32.1 Å². The summed E-state index contributed by atoms with van der Waals surface area (Å²) in [5.74, 6) is -0.270. The highest BCUT2D eigenvalue weighted by Gasteiger charge is 2.17. The summed E-state index contributed by atoms with van der Waals surface area (Å²) >= 11 is 0. The van der Waals surface area contributed by atoms with E-state index in [9.17, 15) is 9.59 Å². The minimum Gasteiger partial charge on any atom is -0.333 e. The maximum atomic E-state index is 11.7. The molecule has 5 heteroatoms. The van der Waals surface area contributed by atoms with Crippen molar-refractivity contribution in [3.63, 3.8) is 0 Å². The van der Waals surface area contributed by atoms with E-state index in [4.69, 9.17) is 0 Å². The molecule has 1 saturated carbocycles. The summed E-state index contributed by atoms with van der Waals surface area (Å²) in [5.41, 5.74) is -0.336. The maximum absolute atomic E-state index is 11.7. The van der Waals surface area contributed by atoms with Crippen LogP contribution in [-0.2, 0) is 4.79 Å². The average molecular weight is 283 g/mol. The van der Waals surface area contributed by atoms with Crippen LogP contribution in [-0.4, -0.2) is 30.1 Å². The van der Waals surface area contributed by atoms with Gasteiger partial charge >= 0.3 is 6.03 Å². The van der Waals surface area contributed by atoms with Crippen LogP contribution in [0.4, 0.5) is 4.79 Å². The molecule has 1 fully saturated rings. The first-order valence-electron chi connectivity index (χ1n) is 7.72. The van der Waals surface area contributed by atoms with Crippen molar-refractivity contribution in [2.75, 3.05) is 6.54 Å². The molecule has 0 radical (unpaired) electrons. The lowest BCUT2D eigenvalue weighted by Crippen LogP contribution is -2.50. The van der Waals surface area contributed by atoms with Crippen LogP contribution in [0.5, 0.6) is 0 Å². The SMILES string of the molecule is CC(C)(C)NC(=O)NC(=O)CNC1CCCCCCC1. The first-order valence-corrected chi connectivity index (χ1v) is 7.72. The van der Waals surface area contributed by atoms with E-state index in [2.05, 4.69) is 16.0 Å². The van der Waals surface area contributed by atoms with Gasteiger partial charge in [0.1, 0.15) is 0 Å². The fourth-order valence-corrected chi connectivity index (χ4v) is 2.44. The number of carbonyl (C=O) groups excluding carboxylic acids is 2. The zero-order valence-corrected chi connectivity index (χ0v) is 13.1. The van der Waals surface area contributed by atoms with Gasteiger partial charge in [0.25, 0.3) is 0 Å². The van der Waals surface area contributed by atoms with Crippen LogP contribution in [0.2, 0.25) is 0 Å². The minimum atomic E-state index is -0.429. The van der Waals surface area contributed by atoms with Crippen LogP contribution < -0.4 is 16.0 Å². The predicted octanol–water partition coefficient (Wildman–Crippen LogP) is 2.31. The highest BCUT2D eigenvalue weighted by Crippen LogP contribution is 2.16. The number of amides is 3. The Morgan fingerprint density at radius 3 is 2.10 bits per heavy atom. The van der Waals surface area contributed by atoms with Crippen LogP contribution in [0.1, 0.15) is 65.7 Å². The van der Waals surface area contributed by atoms with Crippen LogP contribution in [0.25, 0.3) is 0 Å². The smallest absolute Gasteiger partial charge is 0.321 e. The Balaban J connectivity index is 2.22. The van der Waals surface area contributed by atoms with Crippen molar-refractivity contribution in [3.8, 4) is 0 Å². The molecule has 0 heterocycles. The topological polar surface area (TPSA) is 70.2 Å². The van der Waals surface area contributed by atoms with Crippen molar-refractivity contribution in [3.05, 3.63) is 0 Å². The molecule has 3 N–H and O–H groups in total. The highest BCUT2D eigenvalue weighted by molar-refractivity contribution is 5.95. The number of nitrogens with one attached hydrogen (secondary N) is 3. The Labute approximate surface area is 122 Å². The molecule has 0 aliphatic heterocycles. The van der Waals surface area contributed by atoms with Crippen LogP contribution >= 0.6 is 0 Å². The number of hydrogen-bond acceptors (Lipinski definition) is 3. The summed E-state index contributed by atoms with van der Waals surface area (Å²) in [4.78, 5) is 23.3. The van der Waals surface area contributed by atoms with E-state index in [0.29, 0.717) is 6.04 Å². The monoisotopic (exact) mass is 283 g/mol. The molecular formula is C15H29N3O2. The standard InChI is InChI=1S/C15H29N3O2/c1-15(2,3)18-14(20)17-13(19)11-16-12-9-7-5-4-6-8-10-12/h12,16H,4-11H2,1-3H3,(H2,17,18,19,20). The predicted molar refractivity (Wildman–Crippen MR) is 80.5 cm³/mol. The molecule has 3 amide bonds. The first kappa shape index (κ1) is 17.0. The summed E-state index contributed by atoms with van der Waals surface area (Å²) in [6.45, 7) is 5.85. The van der Waals surface area contributed by atoms with Crippen molar-refractivity contribution in [2.45, 2.75) is 77.3 Å². The Bertz CT molecular complexity index is 316. The molecule has 1 aliphatic carbocycles. The van der Waals surface area contributed by atoms with Gasteiger partial charge in [0, 0.05) is 11.6 Å². The average Bonchev–Trinajstić information content (AvgIpc) is 2.24. The van der Waals surface area contributed by atoms with Crippen molar-refractivity contribution >= 4 is 11.9 Å². The number of urea groups is 1. The number of carbonyl (C=O) groups is 2.